The molecule has 1 aromatic heterocycles. The summed E-state index contributed by atoms with van der Waals surface area (Å²) in [5.74, 6) is -1.57. The molecular formula is C13H13N3O4. The average Bonchev–Trinajstić information content (AvgIpc) is 2.46. The number of aliphatic carboxylic acids is 1. The van der Waals surface area contributed by atoms with Gasteiger partial charge in [-0.05, 0) is 19.1 Å². The Labute approximate surface area is 115 Å². The van der Waals surface area contributed by atoms with E-state index in [0.29, 0.717) is 17.9 Å². The van der Waals surface area contributed by atoms with E-state index in [1.54, 1.807) is 6.92 Å². The number of carboxylic acid groups (broad SMARTS) is 1. The lowest BCUT2D eigenvalue weighted by molar-refractivity contribution is -0.147. The standard InChI is InChI=1S/C13H13N3O4/c1-8-9(6-14)2-3-10(15-8)12(17)16-4-5-20-7-11(16)13(18)19/h2-3,11H,4-5,7H2,1H3,(H,18,19)/t11-/m1/s1. The zero-order valence-corrected chi connectivity index (χ0v) is 10.9. The Bertz CT molecular complexity index is 594. The van der Waals surface area contributed by atoms with Gasteiger partial charge in [-0.15, -0.1) is 0 Å². The van der Waals surface area contributed by atoms with Gasteiger partial charge in [-0.2, -0.15) is 5.26 Å². The minimum Gasteiger partial charge on any atom is -0.480 e. The van der Waals surface area contributed by atoms with Gasteiger partial charge in [-0.1, -0.05) is 0 Å². The summed E-state index contributed by atoms with van der Waals surface area (Å²) in [5.41, 5.74) is 0.964. The molecule has 1 fully saturated rings. The monoisotopic (exact) mass is 275 g/mol. The summed E-state index contributed by atoms with van der Waals surface area (Å²) in [6.45, 7) is 2.10. The largest absolute Gasteiger partial charge is 0.480 e. The molecule has 0 aliphatic carbocycles. The van der Waals surface area contributed by atoms with Gasteiger partial charge in [0.25, 0.3) is 5.91 Å². The summed E-state index contributed by atoms with van der Waals surface area (Å²) in [4.78, 5) is 28.8. The molecule has 1 aliphatic heterocycles. The lowest BCUT2D eigenvalue weighted by Gasteiger charge is -2.32. The number of ether oxygens (including phenoxy) is 1. The maximum atomic E-state index is 12.3. The predicted octanol–water partition coefficient (Wildman–Crippen LogP) is 0.187. The molecule has 0 bridgehead atoms. The number of amides is 1. The molecule has 0 aromatic carbocycles. The topological polar surface area (TPSA) is 104 Å². The van der Waals surface area contributed by atoms with E-state index >= 15 is 0 Å². The summed E-state index contributed by atoms with van der Waals surface area (Å²) < 4.78 is 5.08. The molecule has 7 heteroatoms. The Morgan fingerprint density at radius 2 is 2.30 bits per heavy atom. The number of rotatable bonds is 2. The normalized spacial score (nSPS) is 18.4. The molecule has 0 spiro atoms. The van der Waals surface area contributed by atoms with E-state index in [9.17, 15) is 9.59 Å². The van der Waals surface area contributed by atoms with Crippen LogP contribution in [0.25, 0.3) is 0 Å². The van der Waals surface area contributed by atoms with Crippen molar-refractivity contribution in [2.24, 2.45) is 0 Å². The number of carbonyl (C=O) groups is 2. The van der Waals surface area contributed by atoms with Crippen LogP contribution in [0.2, 0.25) is 0 Å². The van der Waals surface area contributed by atoms with Crippen molar-refractivity contribution in [1.29, 1.82) is 5.26 Å². The van der Waals surface area contributed by atoms with Gasteiger partial charge in [-0.3, -0.25) is 4.79 Å². The zero-order valence-electron chi connectivity index (χ0n) is 10.9. The van der Waals surface area contributed by atoms with Crippen LogP contribution in [0, 0.1) is 18.3 Å². The first-order valence-corrected chi connectivity index (χ1v) is 6.04. The molecule has 1 amide bonds. The number of hydrogen-bond donors (Lipinski definition) is 1. The molecule has 1 N–H and O–H groups in total. The molecular weight excluding hydrogens is 262 g/mol. The number of pyridine rings is 1. The van der Waals surface area contributed by atoms with Crippen LogP contribution >= 0.6 is 0 Å². The molecule has 0 radical (unpaired) electrons. The van der Waals surface area contributed by atoms with E-state index in [0.717, 1.165) is 0 Å². The fraction of sp³-hybridized carbons (Fsp3) is 0.385. The summed E-state index contributed by atoms with van der Waals surface area (Å²) in [7, 11) is 0. The van der Waals surface area contributed by atoms with Crippen molar-refractivity contribution in [3.05, 3.63) is 29.1 Å². The molecule has 0 unspecified atom stereocenters. The number of aromatic nitrogens is 1. The van der Waals surface area contributed by atoms with Crippen LogP contribution < -0.4 is 0 Å². The first kappa shape index (κ1) is 14.0. The first-order chi connectivity index (χ1) is 9.54. The molecule has 2 heterocycles. The number of aryl methyl sites for hydroxylation is 1. The van der Waals surface area contributed by atoms with Crippen LogP contribution in [-0.4, -0.2) is 52.7 Å². The van der Waals surface area contributed by atoms with Crippen LogP contribution in [0.3, 0.4) is 0 Å². The number of nitriles is 1. The summed E-state index contributed by atoms with van der Waals surface area (Å²) in [6, 6.07) is 3.90. The molecule has 2 rings (SSSR count). The summed E-state index contributed by atoms with van der Waals surface area (Å²) in [5, 5.41) is 17.9. The minimum absolute atomic E-state index is 0.0314. The summed E-state index contributed by atoms with van der Waals surface area (Å²) >= 11 is 0. The molecule has 7 nitrogen and oxygen atoms in total. The first-order valence-electron chi connectivity index (χ1n) is 6.04. The van der Waals surface area contributed by atoms with Gasteiger partial charge in [0.1, 0.15) is 11.8 Å². The Balaban J connectivity index is 2.28. The van der Waals surface area contributed by atoms with E-state index in [4.69, 9.17) is 15.1 Å². The smallest absolute Gasteiger partial charge is 0.328 e. The number of hydrogen-bond acceptors (Lipinski definition) is 5. The highest BCUT2D eigenvalue weighted by Gasteiger charge is 2.33. The van der Waals surface area contributed by atoms with Gasteiger partial charge in [0.2, 0.25) is 0 Å². The lowest BCUT2D eigenvalue weighted by atomic mass is 10.1. The Morgan fingerprint density at radius 1 is 1.55 bits per heavy atom. The minimum atomic E-state index is -1.11. The Hall–Kier alpha value is -2.46. The molecule has 1 aromatic rings. The average molecular weight is 275 g/mol. The highest BCUT2D eigenvalue weighted by molar-refractivity contribution is 5.95. The van der Waals surface area contributed by atoms with E-state index in [1.165, 1.54) is 17.0 Å². The number of morpholine rings is 1. The second kappa shape index (κ2) is 5.67. The van der Waals surface area contributed by atoms with Gasteiger partial charge in [0, 0.05) is 6.54 Å². The molecule has 1 aliphatic rings. The van der Waals surface area contributed by atoms with Crippen molar-refractivity contribution < 1.29 is 19.4 Å². The van der Waals surface area contributed by atoms with Crippen molar-refractivity contribution in [2.75, 3.05) is 19.8 Å². The molecule has 1 atom stereocenters. The van der Waals surface area contributed by atoms with Crippen molar-refractivity contribution in [1.82, 2.24) is 9.88 Å². The molecule has 1 saturated heterocycles. The molecule has 0 saturated carbocycles. The maximum Gasteiger partial charge on any atom is 0.328 e. The van der Waals surface area contributed by atoms with E-state index in [2.05, 4.69) is 4.98 Å². The predicted molar refractivity (Wildman–Crippen MR) is 67.0 cm³/mol. The third-order valence-electron chi connectivity index (χ3n) is 3.10. The fourth-order valence-electron chi connectivity index (χ4n) is 2.00. The molecule has 20 heavy (non-hydrogen) atoms. The zero-order chi connectivity index (χ0) is 14.7. The second-order valence-electron chi connectivity index (χ2n) is 4.37. The fourth-order valence-corrected chi connectivity index (χ4v) is 2.00. The highest BCUT2D eigenvalue weighted by atomic mass is 16.5. The van der Waals surface area contributed by atoms with Crippen molar-refractivity contribution in [3.63, 3.8) is 0 Å². The van der Waals surface area contributed by atoms with Crippen LogP contribution in [0.15, 0.2) is 12.1 Å². The van der Waals surface area contributed by atoms with Crippen LogP contribution in [0.5, 0.6) is 0 Å². The van der Waals surface area contributed by atoms with Gasteiger partial charge < -0.3 is 14.7 Å². The third kappa shape index (κ3) is 2.60. The Kier molecular flexibility index (Phi) is 3.96. The molecule has 104 valence electrons. The van der Waals surface area contributed by atoms with Crippen LogP contribution in [0.1, 0.15) is 21.7 Å². The number of carboxylic acids is 1. The third-order valence-corrected chi connectivity index (χ3v) is 3.10. The SMILES string of the molecule is Cc1nc(C(=O)N2CCOC[C@@H]2C(=O)O)ccc1C#N. The number of carbonyl (C=O) groups excluding carboxylic acids is 1. The van der Waals surface area contributed by atoms with Gasteiger partial charge >= 0.3 is 5.97 Å². The van der Waals surface area contributed by atoms with E-state index in [-0.39, 0.29) is 18.8 Å². The van der Waals surface area contributed by atoms with Crippen molar-refractivity contribution in [3.8, 4) is 6.07 Å². The van der Waals surface area contributed by atoms with Gasteiger partial charge in [0.05, 0.1) is 24.5 Å². The summed E-state index contributed by atoms with van der Waals surface area (Å²) in [6.07, 6.45) is 0. The highest BCUT2D eigenvalue weighted by Crippen LogP contribution is 2.13. The van der Waals surface area contributed by atoms with E-state index in [1.807, 2.05) is 6.07 Å². The lowest BCUT2D eigenvalue weighted by Crippen LogP contribution is -2.52. The van der Waals surface area contributed by atoms with Crippen LogP contribution in [-0.2, 0) is 9.53 Å². The van der Waals surface area contributed by atoms with E-state index < -0.39 is 17.9 Å². The Morgan fingerprint density at radius 3 is 2.90 bits per heavy atom. The van der Waals surface area contributed by atoms with Gasteiger partial charge in [-0.25, -0.2) is 9.78 Å². The second-order valence-corrected chi connectivity index (χ2v) is 4.37. The maximum absolute atomic E-state index is 12.3. The van der Waals surface area contributed by atoms with Crippen molar-refractivity contribution in [2.45, 2.75) is 13.0 Å². The van der Waals surface area contributed by atoms with Gasteiger partial charge in [0.15, 0.2) is 6.04 Å². The van der Waals surface area contributed by atoms with Crippen molar-refractivity contribution >= 4 is 11.9 Å². The quantitative estimate of drug-likeness (QED) is 0.826. The number of nitrogens with zero attached hydrogens (tertiary/aromatic N) is 3. The van der Waals surface area contributed by atoms with Crippen LogP contribution in [0.4, 0.5) is 0 Å².